The predicted molar refractivity (Wildman–Crippen MR) is 106 cm³/mol. The molecule has 28 heavy (non-hydrogen) atoms. The van der Waals surface area contributed by atoms with Gasteiger partial charge in [-0.05, 0) is 31.9 Å². The maximum absolute atomic E-state index is 12.5. The molecule has 0 spiro atoms. The summed E-state index contributed by atoms with van der Waals surface area (Å²) in [6, 6.07) is 1.59. The van der Waals surface area contributed by atoms with Crippen molar-refractivity contribution >= 4 is 26.7 Å². The second kappa shape index (κ2) is 8.19. The van der Waals surface area contributed by atoms with Crippen LogP contribution < -0.4 is 5.73 Å². The van der Waals surface area contributed by atoms with Gasteiger partial charge in [0.2, 0.25) is 15.0 Å². The summed E-state index contributed by atoms with van der Waals surface area (Å²) in [7, 11) is -1.91. The number of aryl methyl sites for hydroxylation is 3. The average Bonchev–Trinajstić information content (AvgIpc) is 3.04. The van der Waals surface area contributed by atoms with E-state index >= 15 is 0 Å². The molecule has 0 fully saturated rings. The van der Waals surface area contributed by atoms with Crippen LogP contribution in [0.25, 0.3) is 11.0 Å². The van der Waals surface area contributed by atoms with Gasteiger partial charge in [-0.2, -0.15) is 0 Å². The van der Waals surface area contributed by atoms with E-state index in [9.17, 15) is 8.42 Å². The first kappa shape index (κ1) is 20.2. The van der Waals surface area contributed by atoms with Gasteiger partial charge in [0.05, 0.1) is 17.9 Å². The summed E-state index contributed by atoms with van der Waals surface area (Å²) < 4.78 is 32.1. The van der Waals surface area contributed by atoms with E-state index in [1.165, 1.54) is 12.4 Å². The lowest BCUT2D eigenvalue weighted by Gasteiger charge is -2.12. The third-order valence-corrected chi connectivity index (χ3v) is 6.21. The molecule has 0 aliphatic heterocycles. The van der Waals surface area contributed by atoms with Gasteiger partial charge in [-0.15, -0.1) is 0 Å². The molecule has 0 atom stereocenters. The summed E-state index contributed by atoms with van der Waals surface area (Å²) in [4.78, 5) is 16.7. The Hall–Kier alpha value is -2.59. The Bertz CT molecular complexity index is 1080. The minimum Gasteiger partial charge on any atom is -0.384 e. The molecule has 0 saturated carbocycles. The molecule has 0 amide bonds. The van der Waals surface area contributed by atoms with Crippen molar-refractivity contribution in [1.29, 1.82) is 0 Å². The van der Waals surface area contributed by atoms with Crippen molar-refractivity contribution in [3.63, 3.8) is 0 Å². The highest BCUT2D eigenvalue weighted by Crippen LogP contribution is 2.26. The van der Waals surface area contributed by atoms with E-state index in [1.54, 1.807) is 13.2 Å². The fourth-order valence-corrected chi connectivity index (χ4v) is 4.26. The third kappa shape index (κ3) is 3.97. The largest absolute Gasteiger partial charge is 0.384 e. The van der Waals surface area contributed by atoms with Crippen LogP contribution >= 0.6 is 0 Å². The number of nitrogens with two attached hydrogens (primary N) is 1. The number of ether oxygens (including phenoxy) is 1. The molecule has 3 heterocycles. The van der Waals surface area contributed by atoms with Gasteiger partial charge >= 0.3 is 0 Å². The maximum atomic E-state index is 12.5. The first-order valence-corrected chi connectivity index (χ1v) is 10.6. The van der Waals surface area contributed by atoms with E-state index in [0.29, 0.717) is 37.3 Å². The molecule has 10 heteroatoms. The van der Waals surface area contributed by atoms with Gasteiger partial charge in [0.1, 0.15) is 11.3 Å². The fraction of sp³-hybridized carbons (Fsp3) is 0.444. The van der Waals surface area contributed by atoms with E-state index in [4.69, 9.17) is 10.5 Å². The Labute approximate surface area is 163 Å². The molecule has 3 aromatic heterocycles. The van der Waals surface area contributed by atoms with Gasteiger partial charge in [0, 0.05) is 38.2 Å². The summed E-state index contributed by atoms with van der Waals surface area (Å²) in [5.74, 6) is 1.12. The zero-order valence-electron chi connectivity index (χ0n) is 16.2. The number of sulfone groups is 1. The summed E-state index contributed by atoms with van der Waals surface area (Å²) in [6.45, 7) is 4.85. The number of pyridine rings is 1. The van der Waals surface area contributed by atoms with Crippen LogP contribution in [0.5, 0.6) is 0 Å². The smallest absolute Gasteiger partial charge is 0.246 e. The number of methoxy groups -OCH3 is 1. The Kier molecular flexibility index (Phi) is 5.90. The quantitative estimate of drug-likeness (QED) is 0.559. The summed E-state index contributed by atoms with van der Waals surface area (Å²) >= 11 is 0. The van der Waals surface area contributed by atoms with Crippen molar-refractivity contribution < 1.29 is 13.2 Å². The lowest BCUT2D eigenvalue weighted by Crippen LogP contribution is -2.14. The maximum Gasteiger partial charge on any atom is 0.246 e. The van der Waals surface area contributed by atoms with Gasteiger partial charge in [0.15, 0.2) is 5.82 Å². The summed E-state index contributed by atoms with van der Waals surface area (Å²) in [6.07, 6.45) is 3.84. The monoisotopic (exact) mass is 404 g/mol. The molecule has 9 nitrogen and oxygen atoms in total. The Balaban J connectivity index is 1.91. The van der Waals surface area contributed by atoms with Crippen molar-refractivity contribution in [2.75, 3.05) is 25.2 Å². The normalized spacial score (nSPS) is 12.0. The molecule has 3 rings (SSSR count). The van der Waals surface area contributed by atoms with Crippen LogP contribution in [-0.4, -0.2) is 52.4 Å². The van der Waals surface area contributed by atoms with E-state index < -0.39 is 9.84 Å². The van der Waals surface area contributed by atoms with E-state index in [-0.39, 0.29) is 10.9 Å². The summed E-state index contributed by atoms with van der Waals surface area (Å²) in [5.41, 5.74) is 9.42. The molecule has 0 bridgehead atoms. The molecule has 0 saturated heterocycles. The number of aromatic nitrogens is 5. The van der Waals surface area contributed by atoms with Gasteiger partial charge in [-0.25, -0.2) is 28.4 Å². The lowest BCUT2D eigenvalue weighted by molar-refractivity contribution is 0.199. The van der Waals surface area contributed by atoms with Crippen molar-refractivity contribution in [3.8, 4) is 0 Å². The Morgan fingerprint density at radius 3 is 2.57 bits per heavy atom. The highest BCUT2D eigenvalue weighted by atomic mass is 32.2. The lowest BCUT2D eigenvalue weighted by atomic mass is 10.2. The van der Waals surface area contributed by atoms with Crippen molar-refractivity contribution in [2.24, 2.45) is 0 Å². The van der Waals surface area contributed by atoms with Crippen LogP contribution in [0.4, 0.5) is 5.82 Å². The molecular weight excluding hydrogens is 380 g/mol. The molecule has 150 valence electrons. The number of imidazole rings is 1. The molecule has 0 radical (unpaired) electrons. The van der Waals surface area contributed by atoms with E-state index in [0.717, 1.165) is 22.6 Å². The minimum absolute atomic E-state index is 0.0565. The number of nitrogen functional groups attached to an aromatic ring is 1. The summed E-state index contributed by atoms with van der Waals surface area (Å²) in [5, 5.41) is -0.148. The van der Waals surface area contributed by atoms with Crippen LogP contribution in [0.3, 0.4) is 0 Å². The number of hydrogen-bond donors (Lipinski definition) is 1. The molecule has 0 aliphatic rings. The van der Waals surface area contributed by atoms with Crippen LogP contribution in [0.15, 0.2) is 23.6 Å². The van der Waals surface area contributed by atoms with E-state index in [2.05, 4.69) is 19.9 Å². The second-order valence-electron chi connectivity index (χ2n) is 6.53. The molecule has 2 N–H and O–H groups in total. The number of nitrogens with zero attached hydrogens (tertiary/aromatic N) is 5. The Morgan fingerprint density at radius 2 is 1.89 bits per heavy atom. The fourth-order valence-electron chi connectivity index (χ4n) is 3.12. The van der Waals surface area contributed by atoms with Crippen molar-refractivity contribution in [3.05, 3.63) is 35.5 Å². The Morgan fingerprint density at radius 1 is 1.18 bits per heavy atom. The second-order valence-corrected chi connectivity index (χ2v) is 8.53. The van der Waals surface area contributed by atoms with Crippen LogP contribution in [0.1, 0.15) is 23.5 Å². The number of hydrogen-bond acceptors (Lipinski definition) is 8. The van der Waals surface area contributed by atoms with Gasteiger partial charge in [-0.1, -0.05) is 0 Å². The van der Waals surface area contributed by atoms with Gasteiger partial charge < -0.3 is 15.0 Å². The molecule has 0 aliphatic carbocycles. The molecular formula is C18H24N6O3S. The zero-order valence-corrected chi connectivity index (χ0v) is 17.0. The van der Waals surface area contributed by atoms with Crippen molar-refractivity contribution in [2.45, 2.75) is 38.4 Å². The number of rotatable bonds is 8. The van der Waals surface area contributed by atoms with E-state index in [1.807, 2.05) is 18.4 Å². The first-order valence-electron chi connectivity index (χ1n) is 8.95. The molecule has 0 aromatic carbocycles. The van der Waals surface area contributed by atoms with Crippen LogP contribution in [-0.2, 0) is 27.5 Å². The topological polar surface area (TPSA) is 126 Å². The first-order chi connectivity index (χ1) is 13.3. The van der Waals surface area contributed by atoms with Gasteiger partial charge in [0.25, 0.3) is 0 Å². The van der Waals surface area contributed by atoms with Crippen LogP contribution in [0.2, 0.25) is 0 Å². The standard InChI is InChI=1S/C18H24N6O3S/c1-12-13(2)22-17(19)15-16(12)24(14(23-15)6-10-27-3)9-5-11-28(25,26)18-20-7-4-8-21-18/h4,7-8H,5-6,9-11H2,1-3H3,(H2,19,22). The highest BCUT2D eigenvalue weighted by Gasteiger charge is 2.20. The SMILES string of the molecule is COCCc1nc2c(N)nc(C)c(C)c2n1CCCS(=O)(=O)c1ncccn1. The molecule has 0 unspecified atom stereocenters. The minimum atomic E-state index is -3.54. The highest BCUT2D eigenvalue weighted by molar-refractivity contribution is 7.91. The molecule has 3 aromatic rings. The average molecular weight is 404 g/mol. The number of anilines is 1. The number of fused-ring (bicyclic) bond motifs is 1. The van der Waals surface area contributed by atoms with Gasteiger partial charge in [-0.3, -0.25) is 0 Å². The van der Waals surface area contributed by atoms with Crippen LogP contribution in [0, 0.1) is 13.8 Å². The third-order valence-electron chi connectivity index (χ3n) is 4.62. The zero-order chi connectivity index (χ0) is 20.3. The van der Waals surface area contributed by atoms with Crippen molar-refractivity contribution in [1.82, 2.24) is 24.5 Å². The predicted octanol–water partition coefficient (Wildman–Crippen LogP) is 1.47.